The summed E-state index contributed by atoms with van der Waals surface area (Å²) in [6, 6.07) is 0. The van der Waals surface area contributed by atoms with Gasteiger partial charge >= 0.3 is 6.18 Å². The Bertz CT molecular complexity index is 750. The van der Waals surface area contributed by atoms with Crippen molar-refractivity contribution < 1.29 is 17.7 Å². The summed E-state index contributed by atoms with van der Waals surface area (Å²) in [6.45, 7) is 2.18. The van der Waals surface area contributed by atoms with Crippen molar-refractivity contribution in [3.05, 3.63) is 17.9 Å². The van der Waals surface area contributed by atoms with Crippen LogP contribution in [0.2, 0.25) is 0 Å². The van der Waals surface area contributed by atoms with E-state index in [2.05, 4.69) is 20.1 Å². The number of nitrogen functional groups attached to an aromatic ring is 1. The van der Waals surface area contributed by atoms with Gasteiger partial charge in [-0.2, -0.15) is 18.2 Å². The van der Waals surface area contributed by atoms with E-state index in [1.165, 1.54) is 6.20 Å². The molecule has 0 aromatic carbocycles. The van der Waals surface area contributed by atoms with Crippen molar-refractivity contribution in [1.29, 1.82) is 0 Å². The van der Waals surface area contributed by atoms with Gasteiger partial charge in [0.2, 0.25) is 11.7 Å². The van der Waals surface area contributed by atoms with Gasteiger partial charge in [0.15, 0.2) is 0 Å². The van der Waals surface area contributed by atoms with E-state index in [-0.39, 0.29) is 17.5 Å². The van der Waals surface area contributed by atoms with Gasteiger partial charge in [-0.1, -0.05) is 31.8 Å². The molecule has 6 nitrogen and oxygen atoms in total. The van der Waals surface area contributed by atoms with Crippen molar-refractivity contribution in [3.63, 3.8) is 0 Å². The summed E-state index contributed by atoms with van der Waals surface area (Å²) in [4.78, 5) is 12.7. The first-order valence-corrected chi connectivity index (χ1v) is 8.19. The molecule has 2 N–H and O–H groups in total. The average Bonchev–Trinajstić information content (AvgIpc) is 3.17. The zero-order valence-corrected chi connectivity index (χ0v) is 14.1. The molecule has 2 aromatic rings. The third kappa shape index (κ3) is 3.59. The zero-order chi connectivity index (χ0) is 18.2. The van der Waals surface area contributed by atoms with Gasteiger partial charge in [-0.25, -0.2) is 9.97 Å². The largest absolute Gasteiger partial charge is 0.394 e. The van der Waals surface area contributed by atoms with Crippen LogP contribution in [0.5, 0.6) is 0 Å². The molecule has 0 unspecified atom stereocenters. The number of rotatable bonds is 4. The highest BCUT2D eigenvalue weighted by molar-refractivity contribution is 5.66. The molecule has 9 heteroatoms. The van der Waals surface area contributed by atoms with Crippen molar-refractivity contribution in [3.8, 4) is 11.4 Å². The van der Waals surface area contributed by atoms with E-state index in [1.807, 2.05) is 0 Å². The lowest BCUT2D eigenvalue weighted by Gasteiger charge is -2.25. The Morgan fingerprint density at radius 3 is 2.48 bits per heavy atom. The van der Waals surface area contributed by atoms with Crippen LogP contribution in [0.15, 0.2) is 10.7 Å². The predicted molar refractivity (Wildman–Crippen MR) is 84.5 cm³/mol. The monoisotopic (exact) mass is 355 g/mol. The SMILES string of the molecule is CC(C)(Cc1nc(-c2cnc(C3CCCC3)nc2N)no1)C(F)(F)F. The van der Waals surface area contributed by atoms with Gasteiger partial charge in [0.1, 0.15) is 11.6 Å². The van der Waals surface area contributed by atoms with Crippen LogP contribution < -0.4 is 5.73 Å². The minimum absolute atomic E-state index is 0.100. The molecule has 1 fully saturated rings. The number of aromatic nitrogens is 4. The second-order valence-corrected chi connectivity index (χ2v) is 7.08. The quantitative estimate of drug-likeness (QED) is 0.894. The maximum absolute atomic E-state index is 13.0. The second-order valence-electron chi connectivity index (χ2n) is 7.08. The first kappa shape index (κ1) is 17.6. The van der Waals surface area contributed by atoms with E-state index in [0.717, 1.165) is 39.5 Å². The summed E-state index contributed by atoms with van der Waals surface area (Å²) in [6.07, 6.45) is 1.11. The van der Waals surface area contributed by atoms with E-state index < -0.39 is 18.0 Å². The standard InChI is InChI=1S/C16H20F3N5O/c1-15(2,16(17,18)19)7-11-22-14(24-25-11)10-8-21-13(23-12(10)20)9-5-3-4-6-9/h8-9H,3-7H2,1-2H3,(H2,20,21,23). The summed E-state index contributed by atoms with van der Waals surface area (Å²) in [5.74, 6) is 1.21. The van der Waals surface area contributed by atoms with Crippen LogP contribution in [0.3, 0.4) is 0 Å². The highest BCUT2D eigenvalue weighted by atomic mass is 19.4. The van der Waals surface area contributed by atoms with Gasteiger partial charge in [0.25, 0.3) is 0 Å². The molecular formula is C16H20F3N5O. The summed E-state index contributed by atoms with van der Waals surface area (Å²) in [7, 11) is 0. The van der Waals surface area contributed by atoms with Crippen LogP contribution in [0.25, 0.3) is 11.4 Å². The highest BCUT2D eigenvalue weighted by Crippen LogP contribution is 2.40. The fourth-order valence-corrected chi connectivity index (χ4v) is 2.88. The minimum atomic E-state index is -4.37. The molecule has 0 atom stereocenters. The fraction of sp³-hybridized carbons (Fsp3) is 0.625. The van der Waals surface area contributed by atoms with Crippen LogP contribution in [0.4, 0.5) is 19.0 Å². The maximum atomic E-state index is 13.0. The molecule has 136 valence electrons. The Morgan fingerprint density at radius 2 is 1.88 bits per heavy atom. The number of anilines is 1. The molecule has 0 spiro atoms. The molecular weight excluding hydrogens is 335 g/mol. The van der Waals surface area contributed by atoms with E-state index in [0.29, 0.717) is 17.3 Å². The average molecular weight is 355 g/mol. The molecule has 1 saturated carbocycles. The van der Waals surface area contributed by atoms with Gasteiger partial charge in [0.05, 0.1) is 11.0 Å². The van der Waals surface area contributed by atoms with Crippen molar-refractivity contribution in [1.82, 2.24) is 20.1 Å². The van der Waals surface area contributed by atoms with Crippen molar-refractivity contribution >= 4 is 5.82 Å². The molecule has 0 saturated heterocycles. The number of halogens is 3. The smallest absolute Gasteiger partial charge is 0.383 e. The number of hydrogen-bond acceptors (Lipinski definition) is 6. The molecule has 1 aliphatic carbocycles. The Hall–Kier alpha value is -2.19. The van der Waals surface area contributed by atoms with Crippen LogP contribution in [-0.4, -0.2) is 26.3 Å². The second kappa shape index (κ2) is 6.27. The molecule has 0 bridgehead atoms. The molecule has 2 aromatic heterocycles. The van der Waals surface area contributed by atoms with Gasteiger partial charge in [0, 0.05) is 18.5 Å². The third-order valence-electron chi connectivity index (χ3n) is 4.63. The normalized spacial score (nSPS) is 16.5. The topological polar surface area (TPSA) is 90.7 Å². The van der Waals surface area contributed by atoms with Crippen LogP contribution in [0, 0.1) is 5.41 Å². The van der Waals surface area contributed by atoms with Crippen molar-refractivity contribution in [2.45, 2.75) is 58.0 Å². The number of nitrogens with two attached hydrogens (primary N) is 1. The molecule has 25 heavy (non-hydrogen) atoms. The predicted octanol–water partition coefficient (Wildman–Crippen LogP) is 3.90. The van der Waals surface area contributed by atoms with Gasteiger partial charge in [-0.3, -0.25) is 0 Å². The Labute approximate surface area is 143 Å². The van der Waals surface area contributed by atoms with Crippen LogP contribution in [0.1, 0.15) is 57.2 Å². The van der Waals surface area contributed by atoms with E-state index in [1.54, 1.807) is 0 Å². The van der Waals surface area contributed by atoms with E-state index >= 15 is 0 Å². The summed E-state index contributed by atoms with van der Waals surface area (Å²) >= 11 is 0. The summed E-state index contributed by atoms with van der Waals surface area (Å²) in [5.41, 5.74) is 4.37. The van der Waals surface area contributed by atoms with Gasteiger partial charge in [-0.15, -0.1) is 0 Å². The number of alkyl halides is 3. The number of nitrogens with zero attached hydrogens (tertiary/aromatic N) is 4. The molecule has 1 aliphatic rings. The van der Waals surface area contributed by atoms with Crippen LogP contribution in [-0.2, 0) is 6.42 Å². The fourth-order valence-electron chi connectivity index (χ4n) is 2.88. The van der Waals surface area contributed by atoms with Crippen molar-refractivity contribution in [2.24, 2.45) is 5.41 Å². The lowest BCUT2D eigenvalue weighted by Crippen LogP contribution is -2.34. The Kier molecular flexibility index (Phi) is 4.42. The van der Waals surface area contributed by atoms with Crippen LogP contribution >= 0.6 is 0 Å². The zero-order valence-electron chi connectivity index (χ0n) is 14.1. The molecule has 0 amide bonds. The first-order chi connectivity index (χ1) is 11.7. The van der Waals surface area contributed by atoms with Crippen molar-refractivity contribution in [2.75, 3.05) is 5.73 Å². The molecule has 2 heterocycles. The highest BCUT2D eigenvalue weighted by Gasteiger charge is 2.48. The maximum Gasteiger partial charge on any atom is 0.394 e. The molecule has 0 radical (unpaired) electrons. The molecule has 3 rings (SSSR count). The lowest BCUT2D eigenvalue weighted by atomic mass is 9.88. The molecule has 0 aliphatic heterocycles. The van der Waals surface area contributed by atoms with Gasteiger partial charge in [-0.05, 0) is 12.8 Å². The summed E-state index contributed by atoms with van der Waals surface area (Å²) < 4.78 is 43.9. The minimum Gasteiger partial charge on any atom is -0.383 e. The van der Waals surface area contributed by atoms with E-state index in [4.69, 9.17) is 10.3 Å². The summed E-state index contributed by atoms with van der Waals surface area (Å²) in [5, 5.41) is 3.73. The van der Waals surface area contributed by atoms with Gasteiger partial charge < -0.3 is 10.3 Å². The lowest BCUT2D eigenvalue weighted by molar-refractivity contribution is -0.212. The third-order valence-corrected chi connectivity index (χ3v) is 4.63. The Balaban J connectivity index is 1.80. The first-order valence-electron chi connectivity index (χ1n) is 8.19. The number of hydrogen-bond donors (Lipinski definition) is 1. The Morgan fingerprint density at radius 1 is 1.20 bits per heavy atom. The van der Waals surface area contributed by atoms with E-state index in [9.17, 15) is 13.2 Å².